The van der Waals surface area contributed by atoms with Gasteiger partial charge in [-0.2, -0.15) is 0 Å². The van der Waals surface area contributed by atoms with Crippen molar-refractivity contribution in [2.24, 2.45) is 0 Å². The SMILES string of the molecule is CCN(CC)C(=O)CCCC(=O)N1C[C@@H](c2ccccc2)OC[C@@H]1C. The summed E-state index contributed by atoms with van der Waals surface area (Å²) < 4.78 is 5.91. The number of hydrogen-bond acceptors (Lipinski definition) is 3. The molecule has 5 heteroatoms. The summed E-state index contributed by atoms with van der Waals surface area (Å²) in [5.74, 6) is 0.249. The Morgan fingerprint density at radius 3 is 2.48 bits per heavy atom. The number of hydrogen-bond donors (Lipinski definition) is 0. The van der Waals surface area contributed by atoms with Crippen molar-refractivity contribution in [3.63, 3.8) is 0 Å². The zero-order chi connectivity index (χ0) is 18.2. The molecule has 2 atom stereocenters. The van der Waals surface area contributed by atoms with Gasteiger partial charge in [0.1, 0.15) is 6.10 Å². The van der Waals surface area contributed by atoms with Crippen LogP contribution in [0.25, 0.3) is 0 Å². The van der Waals surface area contributed by atoms with Crippen LogP contribution in [-0.4, -0.2) is 53.9 Å². The topological polar surface area (TPSA) is 49.9 Å². The number of benzene rings is 1. The van der Waals surface area contributed by atoms with Gasteiger partial charge in [0.2, 0.25) is 11.8 Å². The molecule has 0 aromatic heterocycles. The molecule has 25 heavy (non-hydrogen) atoms. The van der Waals surface area contributed by atoms with Crippen molar-refractivity contribution in [3.05, 3.63) is 35.9 Å². The molecule has 0 aliphatic carbocycles. The molecule has 1 aromatic carbocycles. The molecule has 0 saturated carbocycles. The predicted octanol–water partition coefficient (Wildman–Crippen LogP) is 3.01. The Morgan fingerprint density at radius 2 is 1.84 bits per heavy atom. The van der Waals surface area contributed by atoms with Crippen LogP contribution in [0.4, 0.5) is 0 Å². The van der Waals surface area contributed by atoms with Crippen molar-refractivity contribution >= 4 is 11.8 Å². The largest absolute Gasteiger partial charge is 0.370 e. The molecule has 1 aromatic rings. The molecular formula is C20H30N2O3. The zero-order valence-electron chi connectivity index (χ0n) is 15.6. The Balaban J connectivity index is 1.86. The van der Waals surface area contributed by atoms with E-state index in [4.69, 9.17) is 4.74 Å². The molecule has 0 spiro atoms. The summed E-state index contributed by atoms with van der Waals surface area (Å²) in [6, 6.07) is 10.1. The third kappa shape index (κ3) is 5.30. The van der Waals surface area contributed by atoms with Gasteiger partial charge in [-0.15, -0.1) is 0 Å². The average molecular weight is 346 g/mol. The lowest BCUT2D eigenvalue weighted by Crippen LogP contribution is -2.48. The number of carbonyl (C=O) groups excluding carboxylic acids is 2. The molecule has 0 bridgehead atoms. The fourth-order valence-electron chi connectivity index (χ4n) is 3.24. The Bertz CT molecular complexity index is 557. The highest BCUT2D eigenvalue weighted by Crippen LogP contribution is 2.25. The first kappa shape index (κ1) is 19.4. The first-order chi connectivity index (χ1) is 12.1. The summed E-state index contributed by atoms with van der Waals surface area (Å²) in [6.45, 7) is 8.54. The Kier molecular flexibility index (Phi) is 7.44. The lowest BCUT2D eigenvalue weighted by molar-refractivity contribution is -0.144. The second-order valence-corrected chi connectivity index (χ2v) is 6.55. The molecule has 2 rings (SSSR count). The van der Waals surface area contributed by atoms with Crippen LogP contribution in [0.2, 0.25) is 0 Å². The number of nitrogens with zero attached hydrogens (tertiary/aromatic N) is 2. The molecule has 1 fully saturated rings. The van der Waals surface area contributed by atoms with Crippen molar-refractivity contribution in [3.8, 4) is 0 Å². The fraction of sp³-hybridized carbons (Fsp3) is 0.600. The maximum atomic E-state index is 12.6. The van der Waals surface area contributed by atoms with Gasteiger partial charge in [-0.3, -0.25) is 9.59 Å². The number of morpholine rings is 1. The Hall–Kier alpha value is -1.88. The third-order valence-electron chi connectivity index (χ3n) is 4.82. The summed E-state index contributed by atoms with van der Waals surface area (Å²) in [5.41, 5.74) is 1.10. The van der Waals surface area contributed by atoms with E-state index in [9.17, 15) is 9.59 Å². The predicted molar refractivity (Wildman–Crippen MR) is 98.1 cm³/mol. The van der Waals surface area contributed by atoms with Gasteiger partial charge in [0.05, 0.1) is 19.2 Å². The molecule has 2 amide bonds. The van der Waals surface area contributed by atoms with E-state index in [1.807, 2.05) is 60.9 Å². The van der Waals surface area contributed by atoms with Crippen LogP contribution in [0.3, 0.4) is 0 Å². The summed E-state index contributed by atoms with van der Waals surface area (Å²) in [5, 5.41) is 0. The Labute approximate surface area is 150 Å². The van der Waals surface area contributed by atoms with Crippen LogP contribution in [0.15, 0.2) is 30.3 Å². The first-order valence-electron chi connectivity index (χ1n) is 9.30. The van der Waals surface area contributed by atoms with Gasteiger partial charge in [0.15, 0.2) is 0 Å². The molecule has 0 N–H and O–H groups in total. The monoisotopic (exact) mass is 346 g/mol. The van der Waals surface area contributed by atoms with Crippen LogP contribution in [-0.2, 0) is 14.3 Å². The molecule has 5 nitrogen and oxygen atoms in total. The summed E-state index contributed by atoms with van der Waals surface area (Å²) in [7, 11) is 0. The minimum Gasteiger partial charge on any atom is -0.370 e. The summed E-state index contributed by atoms with van der Waals surface area (Å²) in [6.07, 6.45) is 1.39. The van der Waals surface area contributed by atoms with Gasteiger partial charge in [0, 0.05) is 25.9 Å². The molecule has 1 aliphatic heterocycles. The van der Waals surface area contributed by atoms with E-state index in [1.165, 1.54) is 0 Å². The normalized spacial score (nSPS) is 20.4. The van der Waals surface area contributed by atoms with Crippen molar-refractivity contribution < 1.29 is 14.3 Å². The average Bonchev–Trinajstić information content (AvgIpc) is 2.63. The van der Waals surface area contributed by atoms with E-state index in [0.29, 0.717) is 32.4 Å². The van der Waals surface area contributed by atoms with Crippen molar-refractivity contribution in [1.82, 2.24) is 9.80 Å². The number of rotatable bonds is 7. The molecule has 0 radical (unpaired) electrons. The minimum absolute atomic E-state index is 0.0707. The summed E-state index contributed by atoms with van der Waals surface area (Å²) >= 11 is 0. The standard InChI is InChI=1S/C20H30N2O3/c1-4-21(5-2)19(23)12-9-13-20(24)22-14-18(25-15-16(22)3)17-10-7-6-8-11-17/h6-8,10-11,16,18H,4-5,9,12-15H2,1-3H3/t16-,18-/m0/s1. The highest BCUT2D eigenvalue weighted by molar-refractivity contribution is 5.79. The number of amides is 2. The van der Waals surface area contributed by atoms with Crippen LogP contribution < -0.4 is 0 Å². The highest BCUT2D eigenvalue weighted by Gasteiger charge is 2.30. The maximum absolute atomic E-state index is 12.6. The van der Waals surface area contributed by atoms with E-state index in [0.717, 1.165) is 18.7 Å². The van der Waals surface area contributed by atoms with Gasteiger partial charge in [-0.05, 0) is 32.8 Å². The second-order valence-electron chi connectivity index (χ2n) is 6.55. The Morgan fingerprint density at radius 1 is 1.16 bits per heavy atom. The lowest BCUT2D eigenvalue weighted by Gasteiger charge is -2.38. The lowest BCUT2D eigenvalue weighted by atomic mass is 10.1. The number of carbonyl (C=O) groups is 2. The molecular weight excluding hydrogens is 316 g/mol. The van der Waals surface area contributed by atoms with E-state index in [2.05, 4.69) is 0 Å². The van der Waals surface area contributed by atoms with Crippen LogP contribution in [0.1, 0.15) is 51.7 Å². The zero-order valence-corrected chi connectivity index (χ0v) is 15.6. The van der Waals surface area contributed by atoms with Crippen molar-refractivity contribution in [2.75, 3.05) is 26.2 Å². The molecule has 0 unspecified atom stereocenters. The minimum atomic E-state index is -0.0707. The van der Waals surface area contributed by atoms with E-state index >= 15 is 0 Å². The van der Waals surface area contributed by atoms with E-state index in [-0.39, 0.29) is 24.0 Å². The van der Waals surface area contributed by atoms with Crippen molar-refractivity contribution in [1.29, 1.82) is 0 Å². The van der Waals surface area contributed by atoms with Crippen LogP contribution in [0, 0.1) is 0 Å². The first-order valence-corrected chi connectivity index (χ1v) is 9.30. The van der Waals surface area contributed by atoms with Crippen LogP contribution >= 0.6 is 0 Å². The van der Waals surface area contributed by atoms with Gasteiger partial charge in [0.25, 0.3) is 0 Å². The van der Waals surface area contributed by atoms with Gasteiger partial charge in [-0.1, -0.05) is 30.3 Å². The third-order valence-corrected chi connectivity index (χ3v) is 4.82. The maximum Gasteiger partial charge on any atom is 0.223 e. The molecule has 1 aliphatic rings. The van der Waals surface area contributed by atoms with Crippen molar-refractivity contribution in [2.45, 2.75) is 52.2 Å². The highest BCUT2D eigenvalue weighted by atomic mass is 16.5. The van der Waals surface area contributed by atoms with Gasteiger partial charge >= 0.3 is 0 Å². The van der Waals surface area contributed by atoms with Gasteiger partial charge in [-0.25, -0.2) is 0 Å². The summed E-state index contributed by atoms with van der Waals surface area (Å²) in [4.78, 5) is 28.4. The molecule has 1 saturated heterocycles. The van der Waals surface area contributed by atoms with Crippen LogP contribution in [0.5, 0.6) is 0 Å². The van der Waals surface area contributed by atoms with E-state index < -0.39 is 0 Å². The van der Waals surface area contributed by atoms with Gasteiger partial charge < -0.3 is 14.5 Å². The fourth-order valence-corrected chi connectivity index (χ4v) is 3.24. The van der Waals surface area contributed by atoms with E-state index in [1.54, 1.807) is 0 Å². The molecule has 138 valence electrons. The number of ether oxygens (including phenoxy) is 1. The second kappa shape index (κ2) is 9.56. The quantitative estimate of drug-likeness (QED) is 0.762. The smallest absolute Gasteiger partial charge is 0.223 e. The molecule has 1 heterocycles.